The summed E-state index contributed by atoms with van der Waals surface area (Å²) in [6.07, 6.45) is 0. The number of hydrogen-bond acceptors (Lipinski definition) is 1. The van der Waals surface area contributed by atoms with E-state index in [1.54, 1.807) is 0 Å². The molecule has 0 heterocycles. The molecule has 0 radical (unpaired) electrons. The second-order valence-corrected chi connectivity index (χ2v) is 4.89. The first-order valence-electron chi connectivity index (χ1n) is 3.77. The molecule has 0 fully saturated rings. The van der Waals surface area contributed by atoms with Gasteiger partial charge in [0.2, 0.25) is 0 Å². The summed E-state index contributed by atoms with van der Waals surface area (Å²) in [6.45, 7) is 0.478. The molecule has 1 N–H and O–H groups in total. The Labute approximate surface area is 112 Å². The fourth-order valence-corrected chi connectivity index (χ4v) is 1.92. The molecule has 0 spiro atoms. The van der Waals surface area contributed by atoms with Crippen molar-refractivity contribution in [3.63, 3.8) is 0 Å². The fourth-order valence-electron chi connectivity index (χ4n) is 0.851. The molecule has 76 valence electrons. The van der Waals surface area contributed by atoms with Gasteiger partial charge in [-0.3, -0.25) is 0 Å². The Balaban J connectivity index is 2.68. The molecule has 14 heavy (non-hydrogen) atoms. The van der Waals surface area contributed by atoms with Crippen LogP contribution in [0.5, 0.6) is 0 Å². The van der Waals surface area contributed by atoms with Crippen LogP contribution in [0.15, 0.2) is 28.8 Å². The van der Waals surface area contributed by atoms with Gasteiger partial charge in [0.25, 0.3) is 0 Å². The molecule has 1 nitrogen and oxygen atoms in total. The second-order valence-electron chi connectivity index (χ2n) is 2.53. The molecule has 1 aromatic carbocycles. The minimum absolute atomic E-state index is 0.478. The van der Waals surface area contributed by atoms with Crippen molar-refractivity contribution < 1.29 is 0 Å². The molecule has 1 rings (SSSR count). The first-order valence-corrected chi connectivity index (χ1v) is 6.04. The Kier molecular flexibility index (Phi) is 5.38. The predicted octanol–water partition coefficient (Wildman–Crippen LogP) is 4.68. The zero-order valence-electron chi connectivity index (χ0n) is 7.03. The summed E-state index contributed by atoms with van der Waals surface area (Å²) in [7, 11) is 0. The van der Waals surface area contributed by atoms with Crippen LogP contribution < -0.4 is 5.32 Å². The SMILES string of the molecule is Cl/C=C(/Cl)CNc1ccc(I)cc1Cl. The van der Waals surface area contributed by atoms with E-state index in [9.17, 15) is 0 Å². The molecule has 0 saturated carbocycles. The molecule has 1 aromatic rings. The quantitative estimate of drug-likeness (QED) is 0.770. The summed E-state index contributed by atoms with van der Waals surface area (Å²) in [5.74, 6) is 0. The van der Waals surface area contributed by atoms with Crippen LogP contribution in [0, 0.1) is 3.57 Å². The van der Waals surface area contributed by atoms with Crippen molar-refractivity contribution >= 4 is 63.1 Å². The topological polar surface area (TPSA) is 12.0 Å². The lowest BCUT2D eigenvalue weighted by atomic mass is 10.3. The number of anilines is 1. The van der Waals surface area contributed by atoms with Gasteiger partial charge >= 0.3 is 0 Å². The smallest absolute Gasteiger partial charge is 0.0648 e. The molecule has 0 aliphatic carbocycles. The largest absolute Gasteiger partial charge is 0.379 e. The number of nitrogens with one attached hydrogen (secondary N) is 1. The number of hydrogen-bond donors (Lipinski definition) is 1. The highest BCUT2D eigenvalue weighted by atomic mass is 127. The van der Waals surface area contributed by atoms with E-state index in [0.717, 1.165) is 9.26 Å². The minimum atomic E-state index is 0.478. The first-order chi connectivity index (χ1) is 6.63. The summed E-state index contributed by atoms with van der Waals surface area (Å²) in [5.41, 5.74) is 2.18. The Hall–Kier alpha value is 0.360. The molecule has 0 bridgehead atoms. The van der Waals surface area contributed by atoms with Crippen molar-refractivity contribution in [3.8, 4) is 0 Å². The normalized spacial score (nSPS) is 11.6. The highest BCUT2D eigenvalue weighted by Crippen LogP contribution is 2.24. The maximum Gasteiger partial charge on any atom is 0.0648 e. The molecule has 0 unspecified atom stereocenters. The van der Waals surface area contributed by atoms with E-state index in [0.29, 0.717) is 16.6 Å². The van der Waals surface area contributed by atoms with E-state index >= 15 is 0 Å². The molecular formula is C9H7Cl3IN. The molecule has 0 aromatic heterocycles. The van der Waals surface area contributed by atoms with E-state index in [1.165, 1.54) is 5.54 Å². The Morgan fingerprint density at radius 3 is 2.79 bits per heavy atom. The predicted molar refractivity (Wildman–Crippen MR) is 72.4 cm³/mol. The molecule has 0 aliphatic rings. The van der Waals surface area contributed by atoms with E-state index in [1.807, 2.05) is 18.2 Å². The minimum Gasteiger partial charge on any atom is -0.379 e. The van der Waals surface area contributed by atoms with Gasteiger partial charge in [0.15, 0.2) is 0 Å². The highest BCUT2D eigenvalue weighted by molar-refractivity contribution is 14.1. The first kappa shape index (κ1) is 12.4. The van der Waals surface area contributed by atoms with Crippen molar-refractivity contribution in [3.05, 3.63) is 37.4 Å². The summed E-state index contributed by atoms with van der Waals surface area (Å²) >= 11 is 19.3. The summed E-state index contributed by atoms with van der Waals surface area (Å²) in [4.78, 5) is 0. The molecule has 0 atom stereocenters. The van der Waals surface area contributed by atoms with Crippen molar-refractivity contribution in [2.75, 3.05) is 11.9 Å². The zero-order chi connectivity index (χ0) is 10.6. The third-order valence-electron chi connectivity index (χ3n) is 1.50. The lowest BCUT2D eigenvalue weighted by Crippen LogP contribution is -2.01. The Morgan fingerprint density at radius 1 is 1.50 bits per heavy atom. The monoisotopic (exact) mass is 361 g/mol. The molecule has 5 heteroatoms. The molecule has 0 aliphatic heterocycles. The van der Waals surface area contributed by atoms with Crippen molar-refractivity contribution in [2.24, 2.45) is 0 Å². The van der Waals surface area contributed by atoms with Crippen LogP contribution in [0.25, 0.3) is 0 Å². The Bertz CT molecular complexity index is 352. The molecular weight excluding hydrogens is 355 g/mol. The van der Waals surface area contributed by atoms with Gasteiger partial charge in [0.1, 0.15) is 0 Å². The van der Waals surface area contributed by atoms with Crippen molar-refractivity contribution in [2.45, 2.75) is 0 Å². The van der Waals surface area contributed by atoms with E-state index in [-0.39, 0.29) is 0 Å². The van der Waals surface area contributed by atoms with Crippen LogP contribution in [0.3, 0.4) is 0 Å². The van der Waals surface area contributed by atoms with Crippen molar-refractivity contribution in [1.29, 1.82) is 0 Å². The van der Waals surface area contributed by atoms with Crippen LogP contribution >= 0.6 is 57.4 Å². The molecule has 0 saturated heterocycles. The average Bonchev–Trinajstić information content (AvgIpc) is 2.16. The van der Waals surface area contributed by atoms with Crippen LogP contribution in [-0.4, -0.2) is 6.54 Å². The van der Waals surface area contributed by atoms with Gasteiger partial charge < -0.3 is 5.32 Å². The van der Waals surface area contributed by atoms with E-state index in [4.69, 9.17) is 34.8 Å². The van der Waals surface area contributed by atoms with Crippen LogP contribution in [0.4, 0.5) is 5.69 Å². The van der Waals surface area contributed by atoms with Gasteiger partial charge in [-0.15, -0.1) is 0 Å². The number of benzene rings is 1. The van der Waals surface area contributed by atoms with Crippen LogP contribution in [0.1, 0.15) is 0 Å². The van der Waals surface area contributed by atoms with Gasteiger partial charge in [-0.1, -0.05) is 34.8 Å². The lowest BCUT2D eigenvalue weighted by molar-refractivity contribution is 1.31. The van der Waals surface area contributed by atoms with Crippen molar-refractivity contribution in [1.82, 2.24) is 0 Å². The molecule has 0 amide bonds. The standard InChI is InChI=1S/C9H7Cl3IN/c10-4-6(11)5-14-9-2-1-7(13)3-8(9)12/h1-4,14H,5H2/b6-4+. The lowest BCUT2D eigenvalue weighted by Gasteiger charge is -2.07. The maximum atomic E-state index is 5.99. The fraction of sp³-hybridized carbons (Fsp3) is 0.111. The van der Waals surface area contributed by atoms with Gasteiger partial charge in [0, 0.05) is 14.1 Å². The number of halogens is 4. The third-order valence-corrected chi connectivity index (χ3v) is 3.10. The average molecular weight is 362 g/mol. The summed E-state index contributed by atoms with van der Waals surface area (Å²) < 4.78 is 1.09. The van der Waals surface area contributed by atoms with Gasteiger partial charge in [-0.25, -0.2) is 0 Å². The van der Waals surface area contributed by atoms with Gasteiger partial charge in [0.05, 0.1) is 17.3 Å². The summed E-state index contributed by atoms with van der Waals surface area (Å²) in [6, 6.07) is 5.75. The number of rotatable bonds is 3. The Morgan fingerprint density at radius 2 is 2.21 bits per heavy atom. The highest BCUT2D eigenvalue weighted by Gasteiger charge is 2.00. The second kappa shape index (κ2) is 6.05. The van der Waals surface area contributed by atoms with Gasteiger partial charge in [-0.05, 0) is 40.8 Å². The maximum absolute atomic E-state index is 5.99. The van der Waals surface area contributed by atoms with Gasteiger partial charge in [-0.2, -0.15) is 0 Å². The van der Waals surface area contributed by atoms with E-state index < -0.39 is 0 Å². The summed E-state index contributed by atoms with van der Waals surface area (Å²) in [5, 5.41) is 4.29. The third kappa shape index (κ3) is 3.85. The van der Waals surface area contributed by atoms with Crippen LogP contribution in [0.2, 0.25) is 5.02 Å². The van der Waals surface area contributed by atoms with Crippen LogP contribution in [-0.2, 0) is 0 Å². The zero-order valence-corrected chi connectivity index (χ0v) is 11.5. The van der Waals surface area contributed by atoms with E-state index in [2.05, 4.69) is 27.9 Å².